The number of nitrogens with one attached hydrogen (secondary N) is 1. The minimum absolute atomic E-state index is 0.102. The Morgan fingerprint density at radius 2 is 2.00 bits per heavy atom. The van der Waals surface area contributed by atoms with E-state index in [1.54, 1.807) is 24.3 Å². The molecule has 1 amide bonds. The molecule has 0 spiro atoms. The van der Waals surface area contributed by atoms with Crippen LogP contribution < -0.4 is 11.1 Å². The molecule has 6 heteroatoms. The standard InChI is InChI=1S/C20H29N3O3/c1-3-4-5-6-7-14(2)22-19(25)18-13-26-20(23-18)17(21)12-15-8-10-16(24)11-9-15/h8-11,13-14,17,24H,3-7,12,21H2,1-2H3,(H,22,25). The van der Waals surface area contributed by atoms with E-state index in [4.69, 9.17) is 10.2 Å². The third kappa shape index (κ3) is 6.19. The van der Waals surface area contributed by atoms with Gasteiger partial charge in [0.25, 0.3) is 5.91 Å². The van der Waals surface area contributed by atoms with E-state index >= 15 is 0 Å². The number of carbonyl (C=O) groups excluding carboxylic acids is 1. The van der Waals surface area contributed by atoms with Crippen LogP contribution in [0.2, 0.25) is 0 Å². The number of benzene rings is 1. The fourth-order valence-electron chi connectivity index (χ4n) is 2.78. The van der Waals surface area contributed by atoms with E-state index in [1.807, 2.05) is 6.92 Å². The third-order valence-electron chi connectivity index (χ3n) is 4.33. The molecule has 2 rings (SSSR count). The zero-order valence-corrected chi connectivity index (χ0v) is 15.6. The van der Waals surface area contributed by atoms with E-state index in [0.29, 0.717) is 12.3 Å². The maximum Gasteiger partial charge on any atom is 0.273 e. The van der Waals surface area contributed by atoms with Gasteiger partial charge in [0.2, 0.25) is 5.89 Å². The molecule has 0 saturated heterocycles. The summed E-state index contributed by atoms with van der Waals surface area (Å²) in [7, 11) is 0. The summed E-state index contributed by atoms with van der Waals surface area (Å²) in [6.07, 6.45) is 7.55. The maximum atomic E-state index is 12.3. The lowest BCUT2D eigenvalue weighted by atomic mass is 10.1. The Morgan fingerprint density at radius 1 is 1.27 bits per heavy atom. The number of hydrogen-bond donors (Lipinski definition) is 3. The van der Waals surface area contributed by atoms with Gasteiger partial charge in [-0.25, -0.2) is 4.98 Å². The molecular formula is C20H29N3O3. The van der Waals surface area contributed by atoms with E-state index in [1.165, 1.54) is 25.5 Å². The van der Waals surface area contributed by atoms with Gasteiger partial charge in [-0.1, -0.05) is 44.7 Å². The second-order valence-corrected chi connectivity index (χ2v) is 6.77. The first-order chi connectivity index (χ1) is 12.5. The van der Waals surface area contributed by atoms with E-state index in [0.717, 1.165) is 18.4 Å². The number of phenolic OH excluding ortho intramolecular Hbond substituents is 1. The van der Waals surface area contributed by atoms with Gasteiger partial charge in [-0.2, -0.15) is 0 Å². The van der Waals surface area contributed by atoms with Crippen molar-refractivity contribution in [3.05, 3.63) is 47.7 Å². The first kappa shape index (κ1) is 20.0. The summed E-state index contributed by atoms with van der Waals surface area (Å²) in [5.41, 5.74) is 7.33. The highest BCUT2D eigenvalue weighted by atomic mass is 16.3. The zero-order chi connectivity index (χ0) is 18.9. The van der Waals surface area contributed by atoms with E-state index in [2.05, 4.69) is 17.2 Å². The Morgan fingerprint density at radius 3 is 2.69 bits per heavy atom. The Balaban J connectivity index is 1.85. The van der Waals surface area contributed by atoms with Gasteiger partial charge in [-0.15, -0.1) is 0 Å². The lowest BCUT2D eigenvalue weighted by Crippen LogP contribution is -2.32. The predicted molar refractivity (Wildman–Crippen MR) is 101 cm³/mol. The molecule has 0 aliphatic heterocycles. The van der Waals surface area contributed by atoms with Crippen molar-refractivity contribution in [2.45, 2.75) is 64.5 Å². The highest BCUT2D eigenvalue weighted by molar-refractivity contribution is 5.92. The molecule has 0 aliphatic rings. The highest BCUT2D eigenvalue weighted by Gasteiger charge is 2.18. The van der Waals surface area contributed by atoms with Crippen molar-refractivity contribution in [1.82, 2.24) is 10.3 Å². The molecule has 0 aliphatic carbocycles. The summed E-state index contributed by atoms with van der Waals surface area (Å²) in [4.78, 5) is 16.5. The van der Waals surface area contributed by atoms with Gasteiger partial charge in [-0.3, -0.25) is 4.79 Å². The van der Waals surface area contributed by atoms with E-state index in [-0.39, 0.29) is 23.4 Å². The topological polar surface area (TPSA) is 101 Å². The van der Waals surface area contributed by atoms with Gasteiger partial charge < -0.3 is 20.6 Å². The van der Waals surface area contributed by atoms with Crippen molar-refractivity contribution >= 4 is 5.91 Å². The number of rotatable bonds is 10. The normalized spacial score (nSPS) is 13.3. The van der Waals surface area contributed by atoms with Crippen LogP contribution in [0.15, 0.2) is 34.9 Å². The summed E-state index contributed by atoms with van der Waals surface area (Å²) in [5.74, 6) is 0.305. The second kappa shape index (κ2) is 9.97. The van der Waals surface area contributed by atoms with E-state index in [9.17, 15) is 9.90 Å². The molecule has 4 N–H and O–H groups in total. The minimum atomic E-state index is -0.451. The van der Waals surface area contributed by atoms with Gasteiger partial charge in [0, 0.05) is 6.04 Å². The lowest BCUT2D eigenvalue weighted by Gasteiger charge is -2.12. The van der Waals surface area contributed by atoms with Crippen molar-refractivity contribution in [2.24, 2.45) is 5.73 Å². The van der Waals surface area contributed by atoms with Gasteiger partial charge >= 0.3 is 0 Å². The summed E-state index contributed by atoms with van der Waals surface area (Å²) in [6, 6.07) is 6.46. The number of nitrogens with two attached hydrogens (primary N) is 1. The van der Waals surface area contributed by atoms with Gasteiger partial charge in [0.1, 0.15) is 12.0 Å². The molecule has 6 nitrogen and oxygen atoms in total. The summed E-state index contributed by atoms with van der Waals surface area (Å²) in [6.45, 7) is 4.18. The van der Waals surface area contributed by atoms with Crippen LogP contribution in [-0.2, 0) is 6.42 Å². The van der Waals surface area contributed by atoms with Crippen LogP contribution in [0.3, 0.4) is 0 Å². The summed E-state index contributed by atoms with van der Waals surface area (Å²) < 4.78 is 5.39. The van der Waals surface area contributed by atoms with Crippen LogP contribution in [0.5, 0.6) is 5.75 Å². The Labute approximate surface area is 154 Å². The first-order valence-corrected chi connectivity index (χ1v) is 9.29. The molecule has 26 heavy (non-hydrogen) atoms. The first-order valence-electron chi connectivity index (χ1n) is 9.29. The highest BCUT2D eigenvalue weighted by Crippen LogP contribution is 2.18. The second-order valence-electron chi connectivity index (χ2n) is 6.77. The molecule has 0 saturated carbocycles. The van der Waals surface area contributed by atoms with Crippen LogP contribution in [0.25, 0.3) is 0 Å². The number of hydrogen-bond acceptors (Lipinski definition) is 5. The number of aromatic nitrogens is 1. The molecule has 0 bridgehead atoms. The number of nitrogens with zero attached hydrogens (tertiary/aromatic N) is 1. The molecule has 1 heterocycles. The number of oxazole rings is 1. The quantitative estimate of drug-likeness (QED) is 0.561. The van der Waals surface area contributed by atoms with Crippen LogP contribution in [-0.4, -0.2) is 22.0 Å². The maximum absolute atomic E-state index is 12.3. The number of unbranched alkanes of at least 4 members (excludes halogenated alkanes) is 3. The molecule has 0 fully saturated rings. The molecule has 2 aromatic rings. The van der Waals surface area contributed by atoms with Crippen molar-refractivity contribution < 1.29 is 14.3 Å². The Hall–Kier alpha value is -2.34. The monoisotopic (exact) mass is 359 g/mol. The minimum Gasteiger partial charge on any atom is -0.508 e. The van der Waals surface area contributed by atoms with Crippen molar-refractivity contribution in [3.8, 4) is 5.75 Å². The lowest BCUT2D eigenvalue weighted by molar-refractivity contribution is 0.0932. The van der Waals surface area contributed by atoms with Crippen molar-refractivity contribution in [2.75, 3.05) is 0 Å². The number of carbonyl (C=O) groups is 1. The molecule has 2 unspecified atom stereocenters. The Kier molecular flexibility index (Phi) is 7.66. The zero-order valence-electron chi connectivity index (χ0n) is 15.6. The Bertz CT molecular complexity index is 682. The van der Waals surface area contributed by atoms with Crippen molar-refractivity contribution in [1.29, 1.82) is 0 Å². The SMILES string of the molecule is CCCCCCC(C)NC(=O)c1coc(C(N)Cc2ccc(O)cc2)n1. The van der Waals surface area contributed by atoms with E-state index < -0.39 is 6.04 Å². The van der Waals surface area contributed by atoms with Crippen LogP contribution >= 0.6 is 0 Å². The number of phenols is 1. The number of aromatic hydroxyl groups is 1. The smallest absolute Gasteiger partial charge is 0.273 e. The average molecular weight is 359 g/mol. The molecular weight excluding hydrogens is 330 g/mol. The van der Waals surface area contributed by atoms with Crippen LogP contribution in [0.1, 0.15) is 73.9 Å². The summed E-state index contributed by atoms with van der Waals surface area (Å²) in [5, 5.41) is 12.3. The van der Waals surface area contributed by atoms with Gasteiger partial charge in [-0.05, 0) is 37.5 Å². The molecule has 1 aromatic carbocycles. The molecule has 0 radical (unpaired) electrons. The largest absolute Gasteiger partial charge is 0.508 e. The molecule has 1 aromatic heterocycles. The van der Waals surface area contributed by atoms with Crippen molar-refractivity contribution in [3.63, 3.8) is 0 Å². The third-order valence-corrected chi connectivity index (χ3v) is 4.33. The van der Waals surface area contributed by atoms with Gasteiger partial charge in [0.05, 0.1) is 6.04 Å². The number of amides is 1. The molecule has 142 valence electrons. The average Bonchev–Trinajstić information content (AvgIpc) is 3.11. The van der Waals surface area contributed by atoms with Crippen LogP contribution in [0, 0.1) is 0 Å². The summed E-state index contributed by atoms with van der Waals surface area (Å²) >= 11 is 0. The fraction of sp³-hybridized carbons (Fsp3) is 0.500. The van der Waals surface area contributed by atoms with Gasteiger partial charge in [0.15, 0.2) is 5.69 Å². The fourth-order valence-corrected chi connectivity index (χ4v) is 2.78. The molecule has 2 atom stereocenters. The predicted octanol–water partition coefficient (Wildman–Crippen LogP) is 3.71. The van der Waals surface area contributed by atoms with Crippen LogP contribution in [0.4, 0.5) is 0 Å².